The molecule has 1 amide bonds. The number of nitrogens with one attached hydrogen (secondary N) is 1. The normalized spacial score (nSPS) is 12.2. The minimum absolute atomic E-state index is 0.0871. The van der Waals surface area contributed by atoms with Crippen molar-refractivity contribution in [1.82, 2.24) is 5.32 Å². The molecule has 0 aliphatic carbocycles. The van der Waals surface area contributed by atoms with Crippen molar-refractivity contribution in [2.75, 3.05) is 0 Å². The molecule has 1 rings (SSSR count). The molecule has 0 aliphatic heterocycles. The summed E-state index contributed by atoms with van der Waals surface area (Å²) in [6.07, 6.45) is 5.60. The molecule has 0 fully saturated rings. The number of rotatable bonds is 6. The lowest BCUT2D eigenvalue weighted by Crippen LogP contribution is -2.35. The van der Waals surface area contributed by atoms with Gasteiger partial charge in [0.05, 0.1) is 11.5 Å². The molecule has 2 N–H and O–H groups in total. The zero-order valence-corrected chi connectivity index (χ0v) is 11.7. The predicted molar refractivity (Wildman–Crippen MR) is 76.8 cm³/mol. The number of carbonyl (C=O) groups excluding carboxylic acids is 1. The van der Waals surface area contributed by atoms with Crippen LogP contribution in [-0.2, 0) is 9.59 Å². The molecule has 4 nitrogen and oxygen atoms in total. The Balaban J connectivity index is 2.75. The first-order valence-corrected chi connectivity index (χ1v) is 6.38. The predicted octanol–water partition coefficient (Wildman–Crippen LogP) is 2.37. The Morgan fingerprint density at radius 1 is 1.35 bits per heavy atom. The van der Waals surface area contributed by atoms with E-state index < -0.39 is 11.4 Å². The van der Waals surface area contributed by atoms with Crippen LogP contribution in [0.1, 0.15) is 38.3 Å². The fourth-order valence-electron chi connectivity index (χ4n) is 1.78. The second-order valence-corrected chi connectivity index (χ2v) is 5.30. The Morgan fingerprint density at radius 3 is 2.45 bits per heavy atom. The highest BCUT2D eigenvalue weighted by atomic mass is 16.4. The van der Waals surface area contributed by atoms with Gasteiger partial charge in [0, 0.05) is 12.8 Å². The van der Waals surface area contributed by atoms with Gasteiger partial charge >= 0.3 is 5.97 Å². The van der Waals surface area contributed by atoms with Gasteiger partial charge in [-0.15, -0.1) is 12.3 Å². The van der Waals surface area contributed by atoms with Gasteiger partial charge in [0.15, 0.2) is 0 Å². The van der Waals surface area contributed by atoms with Gasteiger partial charge in [0.2, 0.25) is 5.91 Å². The second-order valence-electron chi connectivity index (χ2n) is 5.30. The van der Waals surface area contributed by atoms with Crippen molar-refractivity contribution >= 4 is 11.9 Å². The van der Waals surface area contributed by atoms with E-state index in [1.54, 1.807) is 0 Å². The number of benzene rings is 1. The molecule has 1 atom stereocenters. The number of carboxylic acid groups (broad SMARTS) is 1. The van der Waals surface area contributed by atoms with Gasteiger partial charge in [-0.05, 0) is 19.4 Å². The molecule has 0 saturated heterocycles. The maximum atomic E-state index is 12.0. The van der Waals surface area contributed by atoms with Gasteiger partial charge in [-0.3, -0.25) is 9.59 Å². The molecule has 1 aromatic carbocycles. The molecular weight excluding hydrogens is 254 g/mol. The van der Waals surface area contributed by atoms with Gasteiger partial charge in [0.1, 0.15) is 0 Å². The van der Waals surface area contributed by atoms with Crippen LogP contribution < -0.4 is 5.32 Å². The molecule has 0 bridgehead atoms. The van der Waals surface area contributed by atoms with Crippen LogP contribution in [0.3, 0.4) is 0 Å². The van der Waals surface area contributed by atoms with Crippen molar-refractivity contribution in [2.24, 2.45) is 5.41 Å². The Hall–Kier alpha value is -2.28. The van der Waals surface area contributed by atoms with Crippen LogP contribution >= 0.6 is 0 Å². The summed E-state index contributed by atoms with van der Waals surface area (Å²) in [4.78, 5) is 23.0. The number of hydrogen-bond donors (Lipinski definition) is 2. The average Bonchev–Trinajstić information content (AvgIpc) is 2.38. The number of terminal acetylenes is 1. The number of carboxylic acids is 1. The fourth-order valence-corrected chi connectivity index (χ4v) is 1.78. The van der Waals surface area contributed by atoms with Gasteiger partial charge in [-0.2, -0.15) is 0 Å². The van der Waals surface area contributed by atoms with E-state index >= 15 is 0 Å². The van der Waals surface area contributed by atoms with E-state index in [0.29, 0.717) is 6.42 Å². The van der Waals surface area contributed by atoms with Gasteiger partial charge < -0.3 is 10.4 Å². The molecule has 1 aromatic rings. The smallest absolute Gasteiger partial charge is 0.309 e. The lowest BCUT2D eigenvalue weighted by Gasteiger charge is -2.22. The van der Waals surface area contributed by atoms with E-state index in [0.717, 1.165) is 5.56 Å². The average molecular weight is 273 g/mol. The quantitative estimate of drug-likeness (QED) is 0.782. The van der Waals surface area contributed by atoms with E-state index in [2.05, 4.69) is 11.2 Å². The van der Waals surface area contributed by atoms with E-state index in [1.807, 2.05) is 30.3 Å². The van der Waals surface area contributed by atoms with Crippen LogP contribution in [0.2, 0.25) is 0 Å². The van der Waals surface area contributed by atoms with E-state index in [9.17, 15) is 9.59 Å². The van der Waals surface area contributed by atoms with Gasteiger partial charge in [-0.1, -0.05) is 30.3 Å². The van der Waals surface area contributed by atoms with E-state index in [-0.39, 0.29) is 18.4 Å². The lowest BCUT2D eigenvalue weighted by molar-refractivity contribution is -0.149. The van der Waals surface area contributed by atoms with E-state index in [1.165, 1.54) is 13.8 Å². The molecule has 4 heteroatoms. The molecule has 0 radical (unpaired) electrons. The van der Waals surface area contributed by atoms with Crippen molar-refractivity contribution in [3.63, 3.8) is 0 Å². The first kappa shape index (κ1) is 15.8. The van der Waals surface area contributed by atoms with Crippen molar-refractivity contribution < 1.29 is 14.7 Å². The van der Waals surface area contributed by atoms with Crippen LogP contribution in [0, 0.1) is 17.8 Å². The Bertz CT molecular complexity index is 514. The largest absolute Gasteiger partial charge is 0.481 e. The van der Waals surface area contributed by atoms with Gasteiger partial charge in [0.25, 0.3) is 0 Å². The SMILES string of the molecule is C#CCC(NC(=O)CC(C)(C)C(=O)O)c1ccccc1. The first-order chi connectivity index (χ1) is 9.36. The summed E-state index contributed by atoms with van der Waals surface area (Å²) in [6.45, 7) is 3.04. The third-order valence-corrected chi connectivity index (χ3v) is 3.04. The summed E-state index contributed by atoms with van der Waals surface area (Å²) in [5.74, 6) is 1.21. The minimum Gasteiger partial charge on any atom is -0.481 e. The molecule has 106 valence electrons. The van der Waals surface area contributed by atoms with E-state index in [4.69, 9.17) is 11.5 Å². The number of carbonyl (C=O) groups is 2. The Labute approximate surface area is 119 Å². The summed E-state index contributed by atoms with van der Waals surface area (Å²) in [6, 6.07) is 9.08. The fraction of sp³-hybridized carbons (Fsp3) is 0.375. The Morgan fingerprint density at radius 2 is 1.95 bits per heavy atom. The zero-order valence-electron chi connectivity index (χ0n) is 11.7. The summed E-state index contributed by atoms with van der Waals surface area (Å²) < 4.78 is 0. The standard InChI is InChI=1S/C16H19NO3/c1-4-8-13(12-9-6-5-7-10-12)17-14(18)11-16(2,3)15(19)20/h1,5-7,9-10,13H,8,11H2,2-3H3,(H,17,18)(H,19,20). The first-order valence-electron chi connectivity index (χ1n) is 6.38. The molecule has 0 aliphatic rings. The van der Waals surface area contributed by atoms with Crippen molar-refractivity contribution in [1.29, 1.82) is 0 Å². The van der Waals surface area contributed by atoms with Crippen LogP contribution in [0.25, 0.3) is 0 Å². The maximum Gasteiger partial charge on any atom is 0.309 e. The van der Waals surface area contributed by atoms with Gasteiger partial charge in [-0.25, -0.2) is 0 Å². The topological polar surface area (TPSA) is 66.4 Å². The van der Waals surface area contributed by atoms with Crippen molar-refractivity contribution in [3.8, 4) is 12.3 Å². The third kappa shape index (κ3) is 4.43. The molecule has 0 aromatic heterocycles. The highest BCUT2D eigenvalue weighted by molar-refractivity contribution is 5.84. The summed E-state index contributed by atoms with van der Waals surface area (Å²) in [7, 11) is 0. The summed E-state index contributed by atoms with van der Waals surface area (Å²) >= 11 is 0. The minimum atomic E-state index is -1.10. The zero-order chi connectivity index (χ0) is 15.2. The molecule has 1 unspecified atom stereocenters. The Kier molecular flexibility index (Phi) is 5.33. The maximum absolute atomic E-state index is 12.0. The second kappa shape index (κ2) is 6.76. The lowest BCUT2D eigenvalue weighted by atomic mass is 9.89. The molecule has 0 saturated carbocycles. The third-order valence-electron chi connectivity index (χ3n) is 3.04. The van der Waals surface area contributed by atoms with Crippen LogP contribution in [-0.4, -0.2) is 17.0 Å². The highest BCUT2D eigenvalue weighted by Crippen LogP contribution is 2.22. The number of amides is 1. The molecule has 0 spiro atoms. The molecular formula is C16H19NO3. The van der Waals surface area contributed by atoms with Crippen LogP contribution in [0.5, 0.6) is 0 Å². The van der Waals surface area contributed by atoms with Crippen LogP contribution in [0.15, 0.2) is 30.3 Å². The highest BCUT2D eigenvalue weighted by Gasteiger charge is 2.30. The number of hydrogen-bond acceptors (Lipinski definition) is 2. The van der Waals surface area contributed by atoms with Crippen LogP contribution in [0.4, 0.5) is 0 Å². The summed E-state index contributed by atoms with van der Waals surface area (Å²) in [5.41, 5.74) is -0.187. The monoisotopic (exact) mass is 273 g/mol. The summed E-state index contributed by atoms with van der Waals surface area (Å²) in [5, 5.41) is 11.8. The van der Waals surface area contributed by atoms with Crippen molar-refractivity contribution in [2.45, 2.75) is 32.7 Å². The molecule has 20 heavy (non-hydrogen) atoms. The van der Waals surface area contributed by atoms with Crippen molar-refractivity contribution in [3.05, 3.63) is 35.9 Å². The molecule has 0 heterocycles. The number of aliphatic carboxylic acids is 1.